The number of oxime groups is 1. The normalized spacial score (nSPS) is 24.7. The molecule has 11 heavy (non-hydrogen) atoms. The van der Waals surface area contributed by atoms with Gasteiger partial charge >= 0.3 is 0 Å². The number of allylic oxidation sites excluding steroid dienone is 3. The molecule has 0 aromatic carbocycles. The van der Waals surface area contributed by atoms with E-state index in [1.165, 1.54) is 0 Å². The Morgan fingerprint density at radius 3 is 3.36 bits per heavy atom. The summed E-state index contributed by atoms with van der Waals surface area (Å²) in [6.45, 7) is 0.299. The van der Waals surface area contributed by atoms with Crippen molar-refractivity contribution in [3.05, 3.63) is 23.4 Å². The lowest BCUT2D eigenvalue weighted by molar-refractivity contribution is 0.0785. The van der Waals surface area contributed by atoms with Gasteiger partial charge in [-0.05, 0) is 0 Å². The first-order valence-electron chi connectivity index (χ1n) is 3.38. The van der Waals surface area contributed by atoms with Crippen molar-refractivity contribution in [1.29, 1.82) is 0 Å². The lowest BCUT2D eigenvalue weighted by atomic mass is 10.1. The van der Waals surface area contributed by atoms with Gasteiger partial charge in [0.15, 0.2) is 11.5 Å². The average Bonchev–Trinajstić information content (AvgIpc) is 2.58. The molecular formula is C7H5NO3. The van der Waals surface area contributed by atoms with Crippen LogP contribution in [0.4, 0.5) is 0 Å². The van der Waals surface area contributed by atoms with E-state index in [9.17, 15) is 0 Å². The van der Waals surface area contributed by atoms with E-state index in [2.05, 4.69) is 5.16 Å². The first-order chi connectivity index (χ1) is 5.43. The molecule has 0 radical (unpaired) electrons. The molecule has 0 amide bonds. The number of hydrogen-bond acceptors (Lipinski definition) is 4. The van der Waals surface area contributed by atoms with Crippen molar-refractivity contribution in [2.75, 3.05) is 6.79 Å². The summed E-state index contributed by atoms with van der Waals surface area (Å²) in [7, 11) is 0. The van der Waals surface area contributed by atoms with Crippen molar-refractivity contribution >= 4 is 5.71 Å². The monoisotopic (exact) mass is 151 g/mol. The molecule has 0 saturated carbocycles. The minimum atomic E-state index is 0.299. The molecule has 0 saturated heterocycles. The van der Waals surface area contributed by atoms with Gasteiger partial charge in [-0.2, -0.15) is 0 Å². The molecule has 4 nitrogen and oxygen atoms in total. The second-order valence-electron chi connectivity index (χ2n) is 2.52. The summed E-state index contributed by atoms with van der Waals surface area (Å²) in [6.07, 6.45) is 2.56. The summed E-state index contributed by atoms with van der Waals surface area (Å²) >= 11 is 0. The molecule has 3 rings (SSSR count). The SMILES string of the molecule is C1=C2CC(=NO2)C2=C1OCO2. The van der Waals surface area contributed by atoms with Crippen LogP contribution < -0.4 is 0 Å². The molecule has 4 heteroatoms. The molecule has 0 fully saturated rings. The standard InChI is InChI=1S/C7H5NO3/c1-4-2-6-7(10-3-9-6)5(1)8-11-4/h2H,1,3H2. The van der Waals surface area contributed by atoms with Crippen molar-refractivity contribution in [1.82, 2.24) is 0 Å². The molecule has 0 spiro atoms. The Morgan fingerprint density at radius 1 is 1.36 bits per heavy atom. The summed E-state index contributed by atoms with van der Waals surface area (Å²) in [5.74, 6) is 2.33. The van der Waals surface area contributed by atoms with Gasteiger partial charge in [0.25, 0.3) is 0 Å². The molecule has 0 atom stereocenters. The number of ether oxygens (including phenoxy) is 2. The van der Waals surface area contributed by atoms with E-state index in [4.69, 9.17) is 14.3 Å². The largest absolute Gasteiger partial charge is 0.453 e. The van der Waals surface area contributed by atoms with Crippen LogP contribution in [0.3, 0.4) is 0 Å². The van der Waals surface area contributed by atoms with Crippen LogP contribution in [-0.2, 0) is 14.3 Å². The van der Waals surface area contributed by atoms with E-state index in [0.29, 0.717) is 6.79 Å². The van der Waals surface area contributed by atoms with Crippen LogP contribution in [0, 0.1) is 0 Å². The van der Waals surface area contributed by atoms with Crippen LogP contribution in [0.25, 0.3) is 0 Å². The summed E-state index contributed by atoms with van der Waals surface area (Å²) in [6, 6.07) is 0. The highest BCUT2D eigenvalue weighted by Crippen LogP contribution is 2.32. The maximum Gasteiger partial charge on any atom is 0.231 e. The van der Waals surface area contributed by atoms with Crippen LogP contribution in [-0.4, -0.2) is 12.5 Å². The molecule has 0 N–H and O–H groups in total. The maximum atomic E-state index is 5.19. The van der Waals surface area contributed by atoms with Gasteiger partial charge in [0.1, 0.15) is 11.5 Å². The van der Waals surface area contributed by atoms with E-state index in [-0.39, 0.29) is 0 Å². The van der Waals surface area contributed by atoms with Gasteiger partial charge in [0.05, 0.1) is 6.42 Å². The molecule has 2 bridgehead atoms. The smallest absolute Gasteiger partial charge is 0.231 e. The topological polar surface area (TPSA) is 40.0 Å². The lowest BCUT2D eigenvalue weighted by Gasteiger charge is -2.01. The molecule has 0 aromatic heterocycles. The van der Waals surface area contributed by atoms with Gasteiger partial charge in [0.2, 0.25) is 6.79 Å². The fourth-order valence-corrected chi connectivity index (χ4v) is 1.31. The van der Waals surface area contributed by atoms with E-state index in [1.807, 2.05) is 6.08 Å². The Morgan fingerprint density at radius 2 is 2.36 bits per heavy atom. The summed E-state index contributed by atoms with van der Waals surface area (Å²) < 4.78 is 10.3. The second kappa shape index (κ2) is 1.58. The predicted molar refractivity (Wildman–Crippen MR) is 35.3 cm³/mol. The zero-order chi connectivity index (χ0) is 7.26. The van der Waals surface area contributed by atoms with Crippen LogP contribution in [0.2, 0.25) is 0 Å². The van der Waals surface area contributed by atoms with Crippen molar-refractivity contribution < 1.29 is 14.3 Å². The zero-order valence-corrected chi connectivity index (χ0v) is 5.66. The van der Waals surface area contributed by atoms with Gasteiger partial charge in [-0.25, -0.2) is 0 Å². The Bertz CT molecular complexity index is 314. The summed E-state index contributed by atoms with van der Waals surface area (Å²) in [4.78, 5) is 4.96. The molecule has 1 aliphatic carbocycles. The van der Waals surface area contributed by atoms with Gasteiger partial charge in [-0.3, -0.25) is 0 Å². The Balaban J connectivity index is 2.18. The van der Waals surface area contributed by atoms with E-state index < -0.39 is 0 Å². The number of fused-ring (bicyclic) bond motifs is 3. The number of rotatable bonds is 0. The van der Waals surface area contributed by atoms with Gasteiger partial charge in [-0.1, -0.05) is 5.16 Å². The van der Waals surface area contributed by atoms with Crippen LogP contribution in [0.15, 0.2) is 28.5 Å². The molecule has 3 aliphatic rings. The summed E-state index contributed by atoms with van der Waals surface area (Å²) in [5.41, 5.74) is 0.843. The van der Waals surface area contributed by atoms with Crippen molar-refractivity contribution in [3.63, 3.8) is 0 Å². The van der Waals surface area contributed by atoms with Crippen molar-refractivity contribution in [3.8, 4) is 0 Å². The second-order valence-corrected chi connectivity index (χ2v) is 2.52. The first-order valence-corrected chi connectivity index (χ1v) is 3.38. The molecule has 0 aromatic rings. The number of nitrogens with zero attached hydrogens (tertiary/aromatic N) is 1. The van der Waals surface area contributed by atoms with Gasteiger partial charge < -0.3 is 14.3 Å². The quantitative estimate of drug-likeness (QED) is 0.515. The lowest BCUT2D eigenvalue weighted by Crippen LogP contribution is -2.04. The molecule has 2 aliphatic heterocycles. The molecule has 0 unspecified atom stereocenters. The predicted octanol–water partition coefficient (Wildman–Crippen LogP) is 0.876. The van der Waals surface area contributed by atoms with Crippen LogP contribution >= 0.6 is 0 Å². The molecule has 2 heterocycles. The van der Waals surface area contributed by atoms with Crippen molar-refractivity contribution in [2.24, 2.45) is 5.16 Å². The molecular weight excluding hydrogens is 146 g/mol. The number of hydrogen-bond donors (Lipinski definition) is 0. The Hall–Kier alpha value is -1.45. The maximum absolute atomic E-state index is 5.19. The van der Waals surface area contributed by atoms with Crippen LogP contribution in [0.1, 0.15) is 6.42 Å². The van der Waals surface area contributed by atoms with E-state index in [1.54, 1.807) is 0 Å². The fraction of sp³-hybridized carbons (Fsp3) is 0.286. The summed E-state index contributed by atoms with van der Waals surface area (Å²) in [5, 5.41) is 3.83. The third-order valence-electron chi connectivity index (χ3n) is 1.81. The van der Waals surface area contributed by atoms with E-state index in [0.717, 1.165) is 29.4 Å². The molecule has 56 valence electrons. The average molecular weight is 151 g/mol. The third kappa shape index (κ3) is 0.562. The Labute approximate surface area is 62.7 Å². The highest BCUT2D eigenvalue weighted by Gasteiger charge is 2.31. The van der Waals surface area contributed by atoms with Crippen LogP contribution in [0.5, 0.6) is 0 Å². The fourth-order valence-electron chi connectivity index (χ4n) is 1.31. The minimum Gasteiger partial charge on any atom is -0.453 e. The highest BCUT2D eigenvalue weighted by atomic mass is 16.7. The Kier molecular flexibility index (Phi) is 0.753. The van der Waals surface area contributed by atoms with Gasteiger partial charge in [0, 0.05) is 6.08 Å². The zero-order valence-electron chi connectivity index (χ0n) is 5.66. The van der Waals surface area contributed by atoms with E-state index >= 15 is 0 Å². The third-order valence-corrected chi connectivity index (χ3v) is 1.81. The highest BCUT2D eigenvalue weighted by molar-refractivity contribution is 6.02. The van der Waals surface area contributed by atoms with Gasteiger partial charge in [-0.15, -0.1) is 0 Å². The first kappa shape index (κ1) is 5.23. The van der Waals surface area contributed by atoms with Crippen molar-refractivity contribution in [2.45, 2.75) is 6.42 Å². The minimum absolute atomic E-state index is 0.299.